The summed E-state index contributed by atoms with van der Waals surface area (Å²) in [6.07, 6.45) is 9.07. The van der Waals surface area contributed by atoms with Gasteiger partial charge in [-0.05, 0) is 63.7 Å². The Kier molecular flexibility index (Phi) is 6.72. The number of hydrogen-bond acceptors (Lipinski definition) is 6. The molecule has 4 heterocycles. The summed E-state index contributed by atoms with van der Waals surface area (Å²) >= 11 is 11.9. The minimum absolute atomic E-state index is 0.0550. The molecule has 8 nitrogen and oxygen atoms in total. The maximum Gasteiger partial charge on any atom is 0.294 e. The topological polar surface area (TPSA) is 100 Å². The molecule has 1 saturated heterocycles. The van der Waals surface area contributed by atoms with Gasteiger partial charge in [-0.25, -0.2) is 9.97 Å². The van der Waals surface area contributed by atoms with Crippen LogP contribution in [0.2, 0.25) is 10.0 Å². The van der Waals surface area contributed by atoms with Gasteiger partial charge in [-0.15, -0.1) is 0 Å². The van der Waals surface area contributed by atoms with Crippen LogP contribution in [-0.4, -0.2) is 45.8 Å². The molecule has 0 unspecified atom stereocenters. The number of anilines is 2. The molecule has 0 bridgehead atoms. The van der Waals surface area contributed by atoms with Crippen molar-refractivity contribution in [2.24, 2.45) is 5.92 Å². The fourth-order valence-corrected chi connectivity index (χ4v) is 5.15. The van der Waals surface area contributed by atoms with Gasteiger partial charge < -0.3 is 20.0 Å². The smallest absolute Gasteiger partial charge is 0.294 e. The standard InChI is InChI=1S/C24H25Cl2N5O3/c25-15-5-8-19(27-12-15)29-24(33)22-21(20-18(34-22)11-16(26)13-28-20)30-23(32)14-3-6-17(7-4-14)31-9-1-2-10-31/h5,8,11-14,17H,1-4,6-7,9-10H2,(H,30,32)(H,27,29,33)/t14-,17-. The van der Waals surface area contributed by atoms with Crippen LogP contribution in [-0.2, 0) is 4.79 Å². The van der Waals surface area contributed by atoms with Crippen molar-refractivity contribution in [3.63, 3.8) is 0 Å². The number of halogens is 2. The molecule has 3 aromatic rings. The molecule has 0 spiro atoms. The van der Waals surface area contributed by atoms with Gasteiger partial charge in [-0.3, -0.25) is 9.59 Å². The van der Waals surface area contributed by atoms with Gasteiger partial charge in [0.05, 0.1) is 10.0 Å². The third-order valence-electron chi connectivity index (χ3n) is 6.64. The first-order valence-electron chi connectivity index (χ1n) is 11.5. The summed E-state index contributed by atoms with van der Waals surface area (Å²) in [4.78, 5) is 37.2. The largest absolute Gasteiger partial charge is 0.447 e. The van der Waals surface area contributed by atoms with Gasteiger partial charge in [0.15, 0.2) is 5.58 Å². The summed E-state index contributed by atoms with van der Waals surface area (Å²) in [6.45, 7) is 2.33. The van der Waals surface area contributed by atoms with Crippen molar-refractivity contribution in [3.8, 4) is 0 Å². The van der Waals surface area contributed by atoms with E-state index in [9.17, 15) is 9.59 Å². The van der Waals surface area contributed by atoms with Gasteiger partial charge in [0.1, 0.15) is 17.0 Å². The predicted octanol–water partition coefficient (Wildman–Crippen LogP) is 5.38. The number of likely N-dealkylation sites (tertiary alicyclic amines) is 1. The fraction of sp³-hybridized carbons (Fsp3) is 0.417. The van der Waals surface area contributed by atoms with E-state index in [0.29, 0.717) is 33.0 Å². The van der Waals surface area contributed by atoms with Crippen molar-refractivity contribution in [3.05, 3.63) is 46.4 Å². The van der Waals surface area contributed by atoms with Crippen LogP contribution in [0.4, 0.5) is 11.5 Å². The van der Waals surface area contributed by atoms with Crippen molar-refractivity contribution in [1.82, 2.24) is 14.9 Å². The number of carbonyl (C=O) groups excluding carboxylic acids is 2. The zero-order valence-corrected chi connectivity index (χ0v) is 20.0. The third kappa shape index (κ3) is 4.89. The molecule has 178 valence electrons. The van der Waals surface area contributed by atoms with Gasteiger partial charge in [0.25, 0.3) is 5.91 Å². The number of pyridine rings is 2. The normalized spacial score (nSPS) is 21.0. The summed E-state index contributed by atoms with van der Waals surface area (Å²) in [5.41, 5.74) is 0.928. The van der Waals surface area contributed by atoms with Crippen molar-refractivity contribution >= 4 is 57.6 Å². The second kappa shape index (κ2) is 9.90. The number of nitrogens with one attached hydrogen (secondary N) is 2. The van der Waals surface area contributed by atoms with E-state index in [-0.39, 0.29) is 23.3 Å². The molecule has 2 aliphatic rings. The molecule has 2 amide bonds. The van der Waals surface area contributed by atoms with Gasteiger partial charge >= 0.3 is 0 Å². The van der Waals surface area contributed by atoms with E-state index in [1.165, 1.54) is 25.2 Å². The lowest BCUT2D eigenvalue weighted by Crippen LogP contribution is -2.38. The minimum Gasteiger partial charge on any atom is -0.447 e. The average molecular weight is 502 g/mol. The molecule has 34 heavy (non-hydrogen) atoms. The molecular weight excluding hydrogens is 477 g/mol. The molecule has 10 heteroatoms. The summed E-state index contributed by atoms with van der Waals surface area (Å²) in [7, 11) is 0. The molecular formula is C24H25Cl2N5O3. The Morgan fingerprint density at radius 3 is 2.41 bits per heavy atom. The highest BCUT2D eigenvalue weighted by Crippen LogP contribution is 2.34. The number of nitrogens with zero attached hydrogens (tertiary/aromatic N) is 3. The number of amides is 2. The lowest BCUT2D eigenvalue weighted by molar-refractivity contribution is -0.121. The SMILES string of the molecule is O=C(Nc1ccc(Cl)cn1)c1oc2cc(Cl)cnc2c1NC(=O)[C@H]1CC[C@H](N2CCCC2)CC1. The quantitative estimate of drug-likeness (QED) is 0.486. The van der Waals surface area contributed by atoms with Crippen molar-refractivity contribution in [1.29, 1.82) is 0 Å². The number of carbonyl (C=O) groups is 2. The first-order chi connectivity index (χ1) is 16.5. The summed E-state index contributed by atoms with van der Waals surface area (Å²) in [5.74, 6) is -0.557. The van der Waals surface area contributed by atoms with Gasteiger partial charge in [-0.1, -0.05) is 23.2 Å². The molecule has 5 rings (SSSR count). The molecule has 3 aromatic heterocycles. The van der Waals surface area contributed by atoms with Crippen LogP contribution in [0, 0.1) is 5.92 Å². The van der Waals surface area contributed by atoms with Crippen LogP contribution in [0.25, 0.3) is 11.1 Å². The van der Waals surface area contributed by atoms with E-state index in [4.69, 9.17) is 27.6 Å². The highest BCUT2D eigenvalue weighted by molar-refractivity contribution is 6.31. The molecule has 1 aliphatic carbocycles. The molecule has 1 saturated carbocycles. The van der Waals surface area contributed by atoms with E-state index in [1.54, 1.807) is 18.2 Å². The Bertz CT molecular complexity index is 1200. The fourth-order valence-electron chi connectivity index (χ4n) is 4.89. The van der Waals surface area contributed by atoms with E-state index in [2.05, 4.69) is 25.5 Å². The lowest BCUT2D eigenvalue weighted by atomic mass is 9.85. The maximum atomic E-state index is 13.2. The molecule has 0 atom stereocenters. The Balaban J connectivity index is 1.34. The Hall–Kier alpha value is -2.68. The number of aromatic nitrogens is 2. The zero-order valence-electron chi connectivity index (χ0n) is 18.5. The van der Waals surface area contributed by atoms with Gasteiger partial charge in [-0.2, -0.15) is 0 Å². The molecule has 0 aromatic carbocycles. The molecule has 2 fully saturated rings. The second-order valence-corrected chi connectivity index (χ2v) is 9.73. The van der Waals surface area contributed by atoms with Crippen molar-refractivity contribution < 1.29 is 14.0 Å². The first-order valence-corrected chi connectivity index (χ1v) is 12.3. The first kappa shape index (κ1) is 23.1. The van der Waals surface area contributed by atoms with E-state index in [1.807, 2.05) is 0 Å². The van der Waals surface area contributed by atoms with Crippen molar-refractivity contribution in [2.45, 2.75) is 44.6 Å². The van der Waals surface area contributed by atoms with Crippen LogP contribution in [0.15, 0.2) is 35.0 Å². The maximum absolute atomic E-state index is 13.2. The summed E-state index contributed by atoms with van der Waals surface area (Å²) in [5, 5.41) is 6.42. The summed E-state index contributed by atoms with van der Waals surface area (Å²) < 4.78 is 5.78. The summed E-state index contributed by atoms with van der Waals surface area (Å²) in [6, 6.07) is 5.33. The van der Waals surface area contributed by atoms with E-state index < -0.39 is 5.91 Å². The number of furan rings is 1. The van der Waals surface area contributed by atoms with Gasteiger partial charge in [0.2, 0.25) is 11.7 Å². The highest BCUT2D eigenvalue weighted by Gasteiger charge is 2.32. The second-order valence-electron chi connectivity index (χ2n) is 8.86. The molecule has 1 aliphatic heterocycles. The number of hydrogen-bond donors (Lipinski definition) is 2. The molecule has 2 N–H and O–H groups in total. The number of fused-ring (bicyclic) bond motifs is 1. The van der Waals surface area contributed by atoms with Crippen molar-refractivity contribution in [2.75, 3.05) is 23.7 Å². The minimum atomic E-state index is -0.558. The zero-order chi connectivity index (χ0) is 23.7. The Labute approximate surface area is 207 Å². The van der Waals surface area contributed by atoms with Crippen LogP contribution < -0.4 is 10.6 Å². The van der Waals surface area contributed by atoms with Crippen LogP contribution in [0.1, 0.15) is 49.1 Å². The van der Waals surface area contributed by atoms with E-state index in [0.717, 1.165) is 38.8 Å². The van der Waals surface area contributed by atoms with E-state index >= 15 is 0 Å². The van der Waals surface area contributed by atoms with Gasteiger partial charge in [0, 0.05) is 30.4 Å². The number of rotatable bonds is 5. The molecule has 0 radical (unpaired) electrons. The van der Waals surface area contributed by atoms with Crippen LogP contribution in [0.5, 0.6) is 0 Å². The Morgan fingerprint density at radius 2 is 1.71 bits per heavy atom. The predicted molar refractivity (Wildman–Crippen MR) is 131 cm³/mol. The third-order valence-corrected chi connectivity index (χ3v) is 7.07. The average Bonchev–Trinajstić information content (AvgIpc) is 3.49. The highest BCUT2D eigenvalue weighted by atomic mass is 35.5. The Morgan fingerprint density at radius 1 is 0.971 bits per heavy atom. The monoisotopic (exact) mass is 501 g/mol. The van der Waals surface area contributed by atoms with Crippen LogP contribution in [0.3, 0.4) is 0 Å². The lowest BCUT2D eigenvalue weighted by Gasteiger charge is -2.33. The van der Waals surface area contributed by atoms with Crippen LogP contribution >= 0.6 is 23.2 Å².